The van der Waals surface area contributed by atoms with E-state index in [9.17, 15) is 9.18 Å². The van der Waals surface area contributed by atoms with E-state index in [0.29, 0.717) is 18.8 Å². The molecule has 0 fully saturated rings. The molecule has 0 bridgehead atoms. The molecule has 0 saturated heterocycles. The van der Waals surface area contributed by atoms with E-state index in [1.165, 1.54) is 6.07 Å². The number of nitrogens with zero attached hydrogens (tertiary/aromatic N) is 2. The highest BCUT2D eigenvalue weighted by molar-refractivity contribution is 7.10. The van der Waals surface area contributed by atoms with Gasteiger partial charge in [-0.15, -0.1) is 11.3 Å². The van der Waals surface area contributed by atoms with Gasteiger partial charge in [0.1, 0.15) is 0 Å². The van der Waals surface area contributed by atoms with Gasteiger partial charge in [0.2, 0.25) is 0 Å². The second-order valence-corrected chi connectivity index (χ2v) is 4.73. The fraction of sp³-hybridized carbons (Fsp3) is 0.273. The Bertz CT molecular complexity index is 564. The molecule has 7 heteroatoms. The molecule has 0 unspecified atom stereocenters. The molecule has 2 heterocycles. The summed E-state index contributed by atoms with van der Waals surface area (Å²) in [5.74, 6) is -1.08. The third-order valence-corrected chi connectivity index (χ3v) is 3.24. The van der Waals surface area contributed by atoms with Crippen molar-refractivity contribution in [2.45, 2.75) is 20.0 Å². The summed E-state index contributed by atoms with van der Waals surface area (Å²) in [5, 5.41) is 15.6. The molecule has 0 aliphatic carbocycles. The molecule has 2 aromatic rings. The summed E-state index contributed by atoms with van der Waals surface area (Å²) in [4.78, 5) is 11.8. The summed E-state index contributed by atoms with van der Waals surface area (Å²) in [6, 6.07) is 3.05. The van der Waals surface area contributed by atoms with E-state index in [2.05, 4.69) is 10.4 Å². The third-order valence-electron chi connectivity index (χ3n) is 2.37. The van der Waals surface area contributed by atoms with Crippen molar-refractivity contribution in [1.82, 2.24) is 9.78 Å². The number of nitrogens with one attached hydrogen (secondary N) is 1. The molecule has 0 aliphatic rings. The standard InChI is InChI=1S/C11H12FN3O2S/c1-2-15-6-8(10(14-15)11(16)17)13-5-7-3-4-9(12)18-7/h3-4,6,13H,2,5H2,1H3,(H,16,17). The van der Waals surface area contributed by atoms with E-state index < -0.39 is 5.97 Å². The summed E-state index contributed by atoms with van der Waals surface area (Å²) in [5.41, 5.74) is 0.423. The molecule has 0 saturated carbocycles. The molecule has 0 radical (unpaired) electrons. The molecule has 96 valence electrons. The Labute approximate surface area is 107 Å². The summed E-state index contributed by atoms with van der Waals surface area (Å²) in [6.45, 7) is 2.84. The first-order valence-corrected chi connectivity index (χ1v) is 6.20. The van der Waals surface area contributed by atoms with Gasteiger partial charge in [0, 0.05) is 24.2 Å². The quantitative estimate of drug-likeness (QED) is 0.874. The highest BCUT2D eigenvalue weighted by Gasteiger charge is 2.15. The zero-order valence-corrected chi connectivity index (χ0v) is 10.5. The van der Waals surface area contributed by atoms with Crippen LogP contribution in [0.2, 0.25) is 0 Å². The van der Waals surface area contributed by atoms with Crippen molar-refractivity contribution in [2.75, 3.05) is 5.32 Å². The van der Waals surface area contributed by atoms with Crippen LogP contribution in [0.5, 0.6) is 0 Å². The zero-order chi connectivity index (χ0) is 13.1. The SMILES string of the molecule is CCn1cc(NCc2ccc(F)s2)c(C(=O)O)n1. The molecule has 0 atom stereocenters. The van der Waals surface area contributed by atoms with Crippen LogP contribution in [0.1, 0.15) is 22.3 Å². The first-order valence-electron chi connectivity index (χ1n) is 5.39. The fourth-order valence-corrected chi connectivity index (χ4v) is 2.17. The molecule has 2 N–H and O–H groups in total. The number of aromatic carboxylic acids is 1. The van der Waals surface area contributed by atoms with Crippen LogP contribution in [0.4, 0.5) is 10.1 Å². The van der Waals surface area contributed by atoms with Gasteiger partial charge in [-0.2, -0.15) is 9.49 Å². The van der Waals surface area contributed by atoms with Gasteiger partial charge in [0.15, 0.2) is 10.8 Å². The van der Waals surface area contributed by atoms with E-state index >= 15 is 0 Å². The van der Waals surface area contributed by atoms with E-state index in [0.717, 1.165) is 16.2 Å². The topological polar surface area (TPSA) is 67.2 Å². The molecular formula is C11H12FN3O2S. The van der Waals surface area contributed by atoms with Crippen molar-refractivity contribution >= 4 is 23.0 Å². The average molecular weight is 269 g/mol. The van der Waals surface area contributed by atoms with Crippen LogP contribution >= 0.6 is 11.3 Å². The number of carboxylic acid groups (broad SMARTS) is 1. The van der Waals surface area contributed by atoms with Crippen molar-refractivity contribution < 1.29 is 14.3 Å². The van der Waals surface area contributed by atoms with Crippen LogP contribution in [0.3, 0.4) is 0 Å². The molecule has 5 nitrogen and oxygen atoms in total. The van der Waals surface area contributed by atoms with Crippen LogP contribution < -0.4 is 5.32 Å². The number of hydrogen-bond acceptors (Lipinski definition) is 4. The third kappa shape index (κ3) is 2.67. The number of rotatable bonds is 5. The maximum atomic E-state index is 12.8. The second kappa shape index (κ2) is 5.18. The molecule has 0 spiro atoms. The van der Waals surface area contributed by atoms with Crippen molar-refractivity contribution in [3.63, 3.8) is 0 Å². The lowest BCUT2D eigenvalue weighted by atomic mass is 10.3. The Kier molecular flexibility index (Phi) is 3.61. The number of aryl methyl sites for hydroxylation is 1. The van der Waals surface area contributed by atoms with Crippen molar-refractivity contribution in [3.8, 4) is 0 Å². The van der Waals surface area contributed by atoms with Crippen LogP contribution in [0.15, 0.2) is 18.3 Å². The Hall–Kier alpha value is -1.89. The maximum Gasteiger partial charge on any atom is 0.358 e. The molecule has 0 aliphatic heterocycles. The molecular weight excluding hydrogens is 257 g/mol. The summed E-state index contributed by atoms with van der Waals surface area (Å²) >= 11 is 1.03. The summed E-state index contributed by atoms with van der Waals surface area (Å²) < 4.78 is 14.3. The van der Waals surface area contributed by atoms with Gasteiger partial charge in [0.05, 0.1) is 5.69 Å². The number of hydrogen-bond donors (Lipinski definition) is 2. The fourth-order valence-electron chi connectivity index (χ4n) is 1.50. The van der Waals surface area contributed by atoms with Gasteiger partial charge in [-0.1, -0.05) is 0 Å². The van der Waals surface area contributed by atoms with E-state index in [1.807, 2.05) is 6.92 Å². The normalized spacial score (nSPS) is 10.6. The minimum absolute atomic E-state index is 0.0196. The van der Waals surface area contributed by atoms with Gasteiger partial charge in [-0.05, 0) is 19.1 Å². The highest BCUT2D eigenvalue weighted by Crippen LogP contribution is 2.18. The minimum Gasteiger partial charge on any atom is -0.476 e. The van der Waals surface area contributed by atoms with Crippen LogP contribution in [0, 0.1) is 5.13 Å². The monoisotopic (exact) mass is 269 g/mol. The zero-order valence-electron chi connectivity index (χ0n) is 9.68. The molecule has 0 aromatic carbocycles. The number of halogens is 1. The Balaban J connectivity index is 2.12. The number of aromatic nitrogens is 2. The van der Waals surface area contributed by atoms with Crippen molar-refractivity contribution in [3.05, 3.63) is 34.0 Å². The van der Waals surface area contributed by atoms with Crippen molar-refractivity contribution in [2.24, 2.45) is 0 Å². The van der Waals surface area contributed by atoms with Crippen LogP contribution in [-0.2, 0) is 13.1 Å². The number of carbonyl (C=O) groups is 1. The Morgan fingerprint density at radius 3 is 2.94 bits per heavy atom. The highest BCUT2D eigenvalue weighted by atomic mass is 32.1. The second-order valence-electron chi connectivity index (χ2n) is 3.61. The Morgan fingerprint density at radius 2 is 2.39 bits per heavy atom. The smallest absolute Gasteiger partial charge is 0.358 e. The predicted molar refractivity (Wildman–Crippen MR) is 66.5 cm³/mol. The Morgan fingerprint density at radius 1 is 1.61 bits per heavy atom. The number of thiophene rings is 1. The molecule has 0 amide bonds. The molecule has 2 aromatic heterocycles. The predicted octanol–water partition coefficient (Wildman–Crippen LogP) is 2.41. The average Bonchev–Trinajstić information content (AvgIpc) is 2.92. The van der Waals surface area contributed by atoms with Gasteiger partial charge in [0.25, 0.3) is 0 Å². The first-order chi connectivity index (χ1) is 8.60. The van der Waals surface area contributed by atoms with E-state index in [4.69, 9.17) is 5.11 Å². The molecule has 18 heavy (non-hydrogen) atoms. The lowest BCUT2D eigenvalue weighted by molar-refractivity contribution is 0.0690. The van der Waals surface area contributed by atoms with E-state index in [1.54, 1.807) is 16.9 Å². The van der Waals surface area contributed by atoms with Gasteiger partial charge >= 0.3 is 5.97 Å². The number of carboxylic acids is 1. The largest absolute Gasteiger partial charge is 0.476 e. The first kappa shape index (κ1) is 12.6. The summed E-state index contributed by atoms with van der Waals surface area (Å²) in [7, 11) is 0. The van der Waals surface area contributed by atoms with Crippen LogP contribution in [-0.4, -0.2) is 20.9 Å². The maximum absolute atomic E-state index is 12.8. The summed E-state index contributed by atoms with van der Waals surface area (Å²) in [6.07, 6.45) is 1.63. The number of anilines is 1. The lowest BCUT2D eigenvalue weighted by Crippen LogP contribution is -2.05. The van der Waals surface area contributed by atoms with Crippen molar-refractivity contribution in [1.29, 1.82) is 0 Å². The molecule has 2 rings (SSSR count). The lowest BCUT2D eigenvalue weighted by Gasteiger charge is -2.01. The minimum atomic E-state index is -1.08. The van der Waals surface area contributed by atoms with Gasteiger partial charge in [-0.25, -0.2) is 4.79 Å². The van der Waals surface area contributed by atoms with Gasteiger partial charge < -0.3 is 10.4 Å². The van der Waals surface area contributed by atoms with Gasteiger partial charge in [-0.3, -0.25) is 4.68 Å². The van der Waals surface area contributed by atoms with E-state index in [-0.39, 0.29) is 10.8 Å². The van der Waals surface area contributed by atoms with Crippen LogP contribution in [0.25, 0.3) is 0 Å².